The molecule has 10 nitrogen and oxygen atoms in total. The van der Waals surface area contributed by atoms with Crippen molar-refractivity contribution in [3.63, 3.8) is 0 Å². The number of hydrogen-bond acceptors (Lipinski definition) is 9. The van der Waals surface area contributed by atoms with Crippen LogP contribution in [0.3, 0.4) is 0 Å². The van der Waals surface area contributed by atoms with Crippen LogP contribution >= 0.6 is 11.6 Å². The first-order valence-electron chi connectivity index (χ1n) is 12.4. The number of Topliss-reactive ketones (excluding diaryl/α,β-unsaturated/α-hetero) is 2. The highest BCUT2D eigenvalue weighted by molar-refractivity contribution is 6.33. The van der Waals surface area contributed by atoms with Gasteiger partial charge in [0.05, 0.1) is 18.2 Å². The Hall–Kier alpha value is -3.13. The SMILES string of the molecule is CCN(Cc1cc(O)c2c(c1Cl)C[C@H]1C[C@H]3[C@H](N(C)C)C(O)=C(C(N)=O)C(=O)[C@@]3(O)C(O)=C1C2=O)CC(F)(F)F. The van der Waals surface area contributed by atoms with E-state index in [1.807, 2.05) is 0 Å². The number of alkyl halides is 3. The number of ketones is 2. The van der Waals surface area contributed by atoms with Gasteiger partial charge in [-0.05, 0) is 56.6 Å². The fourth-order valence-electron chi connectivity index (χ4n) is 6.24. The maximum atomic E-state index is 13.6. The summed E-state index contributed by atoms with van der Waals surface area (Å²) in [6, 6.07) is -0.0722. The Morgan fingerprint density at radius 1 is 1.23 bits per heavy atom. The van der Waals surface area contributed by atoms with E-state index in [1.54, 1.807) is 0 Å². The summed E-state index contributed by atoms with van der Waals surface area (Å²) in [5, 5.41) is 44.4. The molecule has 0 aliphatic heterocycles. The van der Waals surface area contributed by atoms with Crippen molar-refractivity contribution in [3.8, 4) is 5.75 Å². The first-order chi connectivity index (χ1) is 18.4. The number of fused-ring (bicyclic) bond motifs is 3. The molecule has 0 aromatic heterocycles. The number of carbonyl (C=O) groups excluding carboxylic acids is 3. The van der Waals surface area contributed by atoms with E-state index in [-0.39, 0.29) is 53.2 Å². The summed E-state index contributed by atoms with van der Waals surface area (Å²) < 4.78 is 39.0. The number of primary amides is 1. The predicted octanol–water partition coefficient (Wildman–Crippen LogP) is 2.16. The van der Waals surface area contributed by atoms with Crippen molar-refractivity contribution in [2.45, 2.75) is 44.1 Å². The minimum Gasteiger partial charge on any atom is -0.510 e. The third-order valence-electron chi connectivity index (χ3n) is 7.97. The van der Waals surface area contributed by atoms with Crippen molar-refractivity contribution in [2.24, 2.45) is 17.6 Å². The molecule has 3 aliphatic rings. The number of rotatable bonds is 6. The largest absolute Gasteiger partial charge is 0.510 e. The molecule has 0 bridgehead atoms. The molecule has 1 aromatic rings. The van der Waals surface area contributed by atoms with Gasteiger partial charge in [0.25, 0.3) is 5.91 Å². The average molecular weight is 588 g/mol. The van der Waals surface area contributed by atoms with Gasteiger partial charge in [-0.1, -0.05) is 18.5 Å². The molecular formula is C26H29ClF3N3O7. The molecule has 0 heterocycles. The van der Waals surface area contributed by atoms with Gasteiger partial charge in [0, 0.05) is 23.1 Å². The van der Waals surface area contributed by atoms with Gasteiger partial charge >= 0.3 is 6.18 Å². The van der Waals surface area contributed by atoms with Crippen LogP contribution in [0, 0.1) is 11.8 Å². The maximum Gasteiger partial charge on any atom is 0.401 e. The van der Waals surface area contributed by atoms with Gasteiger partial charge in [-0.25, -0.2) is 0 Å². The molecule has 0 radical (unpaired) electrons. The molecule has 0 fully saturated rings. The second kappa shape index (κ2) is 10.1. The number of amides is 1. The minimum absolute atomic E-state index is 0.0243. The van der Waals surface area contributed by atoms with Gasteiger partial charge in [-0.3, -0.25) is 24.2 Å². The van der Waals surface area contributed by atoms with Crippen molar-refractivity contribution >= 4 is 29.1 Å². The van der Waals surface area contributed by atoms with Crippen LogP contribution < -0.4 is 5.73 Å². The molecule has 0 saturated carbocycles. The van der Waals surface area contributed by atoms with E-state index >= 15 is 0 Å². The molecule has 0 unspecified atom stereocenters. The van der Waals surface area contributed by atoms with Gasteiger partial charge in [-0.2, -0.15) is 13.2 Å². The molecule has 218 valence electrons. The third kappa shape index (κ3) is 4.54. The summed E-state index contributed by atoms with van der Waals surface area (Å²) in [6.07, 6.45) is -4.68. The number of aliphatic hydroxyl groups excluding tert-OH is 2. The van der Waals surface area contributed by atoms with Crippen molar-refractivity contribution in [3.05, 3.63) is 50.4 Å². The fourth-order valence-corrected chi connectivity index (χ4v) is 6.53. The molecule has 3 aliphatic carbocycles. The van der Waals surface area contributed by atoms with E-state index in [9.17, 15) is 48.0 Å². The van der Waals surface area contributed by atoms with Gasteiger partial charge in [0.2, 0.25) is 5.78 Å². The van der Waals surface area contributed by atoms with E-state index in [0.29, 0.717) is 0 Å². The minimum atomic E-state index is -4.47. The number of phenols is 1. The quantitative estimate of drug-likeness (QED) is 0.314. The molecule has 0 spiro atoms. The molecular weight excluding hydrogens is 559 g/mol. The topological polar surface area (TPSA) is 165 Å². The fraction of sp³-hybridized carbons (Fsp3) is 0.500. The molecule has 4 rings (SSSR count). The predicted molar refractivity (Wildman–Crippen MR) is 136 cm³/mol. The number of benzene rings is 1. The average Bonchev–Trinajstić information content (AvgIpc) is 2.82. The van der Waals surface area contributed by atoms with Crippen LogP contribution in [0.2, 0.25) is 5.02 Å². The summed E-state index contributed by atoms with van der Waals surface area (Å²) in [5.74, 6) is -7.99. The Kier molecular flexibility index (Phi) is 7.50. The number of aromatic hydroxyl groups is 1. The van der Waals surface area contributed by atoms with Crippen LogP contribution in [0.25, 0.3) is 0 Å². The van der Waals surface area contributed by atoms with E-state index in [4.69, 9.17) is 17.3 Å². The normalized spacial score (nSPS) is 26.8. The Balaban J connectivity index is 1.84. The van der Waals surface area contributed by atoms with E-state index in [2.05, 4.69) is 0 Å². The van der Waals surface area contributed by atoms with Crippen LogP contribution in [0.15, 0.2) is 28.7 Å². The lowest BCUT2D eigenvalue weighted by molar-refractivity contribution is -0.148. The van der Waals surface area contributed by atoms with Crippen LogP contribution in [0.1, 0.15) is 34.8 Å². The number of carbonyl (C=O) groups is 3. The van der Waals surface area contributed by atoms with Crippen molar-refractivity contribution in [2.75, 3.05) is 27.2 Å². The first-order valence-corrected chi connectivity index (χ1v) is 12.8. The standard InChI is InChI=1S/C26H29ClF3N3O7/c1-4-33(9-25(28,29)30)8-11-7-14(34)16-12(18(11)27)5-10-6-13-19(32(2)3)21(36)17(24(31)39)23(38)26(13,40)22(37)15(10)20(16)35/h7,10,13,19,34,36-37,40H,4-6,8-9H2,1-3H3,(H2,31,39)/t10-,13-,19-,26-/m0/s1. The number of nitrogens with two attached hydrogens (primary N) is 1. The smallest absolute Gasteiger partial charge is 0.401 e. The Labute approximate surface area is 232 Å². The van der Waals surface area contributed by atoms with Crippen LogP contribution in [0.4, 0.5) is 13.2 Å². The Morgan fingerprint density at radius 2 is 1.85 bits per heavy atom. The number of phenolic OH excluding ortho intramolecular Hbond substituents is 1. The number of hydrogen-bond donors (Lipinski definition) is 5. The second-order valence-corrected chi connectivity index (χ2v) is 11.0. The third-order valence-corrected chi connectivity index (χ3v) is 8.45. The summed E-state index contributed by atoms with van der Waals surface area (Å²) in [5.41, 5.74) is 1.26. The lowest BCUT2D eigenvalue weighted by Crippen LogP contribution is -2.63. The van der Waals surface area contributed by atoms with E-state index in [0.717, 1.165) is 11.0 Å². The molecule has 0 saturated heterocycles. The maximum absolute atomic E-state index is 13.6. The van der Waals surface area contributed by atoms with Gasteiger partial charge in [-0.15, -0.1) is 0 Å². The zero-order valence-corrected chi connectivity index (χ0v) is 22.6. The number of aliphatic hydroxyl groups is 3. The summed E-state index contributed by atoms with van der Waals surface area (Å²) in [6.45, 7) is 0.0756. The number of allylic oxidation sites excluding steroid dienone is 1. The number of halogens is 4. The summed E-state index contributed by atoms with van der Waals surface area (Å²) in [4.78, 5) is 41.5. The van der Waals surface area contributed by atoms with Crippen molar-refractivity contribution in [1.82, 2.24) is 9.80 Å². The number of nitrogens with zero attached hydrogens (tertiary/aromatic N) is 2. The monoisotopic (exact) mass is 587 g/mol. The highest BCUT2D eigenvalue weighted by atomic mass is 35.5. The molecule has 40 heavy (non-hydrogen) atoms. The molecule has 1 aromatic carbocycles. The van der Waals surface area contributed by atoms with Crippen molar-refractivity contribution < 1.29 is 48.0 Å². The highest BCUT2D eigenvalue weighted by Crippen LogP contribution is 2.53. The summed E-state index contributed by atoms with van der Waals surface area (Å²) >= 11 is 6.59. The second-order valence-electron chi connectivity index (χ2n) is 10.6. The van der Waals surface area contributed by atoms with E-state index < -0.39 is 76.5 Å². The van der Waals surface area contributed by atoms with Crippen LogP contribution in [-0.2, 0) is 22.6 Å². The summed E-state index contributed by atoms with van der Waals surface area (Å²) in [7, 11) is 3.02. The molecule has 14 heteroatoms. The number of likely N-dealkylation sites (N-methyl/N-ethyl adjacent to an activating group) is 1. The molecule has 1 amide bonds. The zero-order valence-electron chi connectivity index (χ0n) is 21.8. The van der Waals surface area contributed by atoms with E-state index in [1.165, 1.54) is 25.9 Å². The lowest BCUT2D eigenvalue weighted by atomic mass is 9.58. The zero-order chi connectivity index (χ0) is 30.1. The molecule has 4 atom stereocenters. The Bertz CT molecular complexity index is 1370. The van der Waals surface area contributed by atoms with Gasteiger partial charge < -0.3 is 26.2 Å². The highest BCUT2D eigenvalue weighted by Gasteiger charge is 2.63. The van der Waals surface area contributed by atoms with Gasteiger partial charge in [0.15, 0.2) is 11.4 Å². The Morgan fingerprint density at radius 3 is 2.38 bits per heavy atom. The van der Waals surface area contributed by atoms with Gasteiger partial charge in [0.1, 0.15) is 22.8 Å². The van der Waals surface area contributed by atoms with Crippen LogP contribution in [0.5, 0.6) is 5.75 Å². The molecule has 6 N–H and O–H groups in total. The first kappa shape index (κ1) is 29.8. The van der Waals surface area contributed by atoms with Crippen LogP contribution in [-0.4, -0.2) is 92.7 Å². The van der Waals surface area contributed by atoms with Crippen molar-refractivity contribution in [1.29, 1.82) is 0 Å². The lowest BCUT2D eigenvalue weighted by Gasteiger charge is -2.50.